The fraction of sp³-hybridized carbons (Fsp3) is 0.471. The molecular formula is C17H24O3. The summed E-state index contributed by atoms with van der Waals surface area (Å²) >= 11 is 0. The number of rotatable bonds is 9. The van der Waals surface area contributed by atoms with E-state index in [4.69, 9.17) is 9.84 Å². The highest BCUT2D eigenvalue weighted by atomic mass is 16.5. The third kappa shape index (κ3) is 6.98. The Labute approximate surface area is 121 Å². The number of unbranched alkanes of at least 4 members (excludes halogenated alkanes) is 5. The lowest BCUT2D eigenvalue weighted by Gasteiger charge is -2.05. The Morgan fingerprint density at radius 1 is 1.10 bits per heavy atom. The van der Waals surface area contributed by atoms with E-state index in [0.717, 1.165) is 19.3 Å². The normalized spacial score (nSPS) is 10.8. The van der Waals surface area contributed by atoms with Gasteiger partial charge in [0.15, 0.2) is 0 Å². The van der Waals surface area contributed by atoms with Crippen LogP contribution in [0.15, 0.2) is 36.4 Å². The monoisotopic (exact) mass is 276 g/mol. The number of aromatic hydroxyl groups is 1. The van der Waals surface area contributed by atoms with Crippen molar-refractivity contribution in [1.82, 2.24) is 0 Å². The molecule has 0 unspecified atom stereocenters. The average molecular weight is 276 g/mol. The number of allylic oxidation sites excluding steroid dienone is 2. The quantitative estimate of drug-likeness (QED) is 0.411. The van der Waals surface area contributed by atoms with Crippen LogP contribution in [0.25, 0.3) is 0 Å². The second kappa shape index (κ2) is 10.1. The number of ether oxygens (including phenoxy) is 1. The molecule has 0 heterocycles. The fourth-order valence-corrected chi connectivity index (χ4v) is 1.91. The van der Waals surface area contributed by atoms with Gasteiger partial charge in [0.2, 0.25) is 0 Å². The first-order valence-corrected chi connectivity index (χ1v) is 7.31. The van der Waals surface area contributed by atoms with Crippen molar-refractivity contribution in [2.75, 3.05) is 6.61 Å². The maximum atomic E-state index is 11.7. The van der Waals surface area contributed by atoms with Crippen molar-refractivity contribution >= 4 is 5.97 Å². The summed E-state index contributed by atoms with van der Waals surface area (Å²) < 4.78 is 5.18. The van der Waals surface area contributed by atoms with Crippen molar-refractivity contribution < 1.29 is 14.6 Å². The molecule has 0 aliphatic carbocycles. The Hall–Kier alpha value is -1.77. The van der Waals surface area contributed by atoms with Crippen LogP contribution in [0.5, 0.6) is 5.75 Å². The van der Waals surface area contributed by atoms with Crippen LogP contribution < -0.4 is 0 Å². The van der Waals surface area contributed by atoms with Gasteiger partial charge in [-0.25, -0.2) is 4.79 Å². The van der Waals surface area contributed by atoms with E-state index in [1.807, 2.05) is 6.92 Å². The zero-order valence-corrected chi connectivity index (χ0v) is 12.2. The maximum absolute atomic E-state index is 11.7. The molecule has 0 fully saturated rings. The van der Waals surface area contributed by atoms with Crippen LogP contribution in [-0.4, -0.2) is 17.7 Å². The lowest BCUT2D eigenvalue weighted by atomic mass is 10.1. The van der Waals surface area contributed by atoms with Crippen LogP contribution in [0.1, 0.15) is 55.8 Å². The highest BCUT2D eigenvalue weighted by Crippen LogP contribution is 2.11. The van der Waals surface area contributed by atoms with E-state index in [1.54, 1.807) is 12.1 Å². The number of benzene rings is 1. The summed E-state index contributed by atoms with van der Waals surface area (Å²) in [5.74, 6) is -0.169. The van der Waals surface area contributed by atoms with E-state index in [1.165, 1.54) is 31.4 Å². The van der Waals surface area contributed by atoms with Gasteiger partial charge in [0.1, 0.15) is 5.75 Å². The largest absolute Gasteiger partial charge is 0.508 e. The van der Waals surface area contributed by atoms with Crippen LogP contribution in [-0.2, 0) is 4.74 Å². The first kappa shape index (κ1) is 16.3. The predicted octanol–water partition coefficient (Wildman–Crippen LogP) is 4.47. The first-order chi connectivity index (χ1) is 9.74. The van der Waals surface area contributed by atoms with Crippen molar-refractivity contribution in [3.63, 3.8) is 0 Å². The molecule has 0 atom stereocenters. The van der Waals surface area contributed by atoms with Gasteiger partial charge in [0, 0.05) is 0 Å². The van der Waals surface area contributed by atoms with Crippen molar-refractivity contribution in [2.45, 2.75) is 45.4 Å². The molecular weight excluding hydrogens is 252 g/mol. The minimum Gasteiger partial charge on any atom is -0.508 e. The number of phenols is 1. The molecule has 0 aliphatic heterocycles. The van der Waals surface area contributed by atoms with E-state index < -0.39 is 0 Å². The smallest absolute Gasteiger partial charge is 0.338 e. The van der Waals surface area contributed by atoms with Crippen molar-refractivity contribution in [1.29, 1.82) is 0 Å². The second-order valence-electron chi connectivity index (χ2n) is 4.81. The fourth-order valence-electron chi connectivity index (χ4n) is 1.91. The second-order valence-corrected chi connectivity index (χ2v) is 4.81. The molecule has 1 N–H and O–H groups in total. The zero-order chi connectivity index (χ0) is 14.6. The molecule has 0 spiro atoms. The van der Waals surface area contributed by atoms with E-state index in [0.29, 0.717) is 12.2 Å². The molecule has 3 heteroatoms. The molecule has 20 heavy (non-hydrogen) atoms. The standard InChI is InChI=1S/C17H24O3/c1-2-3-4-5-6-7-8-9-14-20-17(19)15-10-12-16(18)13-11-15/h2-3,10-13,18H,4-9,14H2,1H3/b3-2+. The zero-order valence-electron chi connectivity index (χ0n) is 12.2. The van der Waals surface area contributed by atoms with Gasteiger partial charge in [-0.3, -0.25) is 0 Å². The summed E-state index contributed by atoms with van der Waals surface area (Å²) in [4.78, 5) is 11.7. The maximum Gasteiger partial charge on any atom is 0.338 e. The lowest BCUT2D eigenvalue weighted by Crippen LogP contribution is -2.06. The Balaban J connectivity index is 2.03. The van der Waals surface area contributed by atoms with Gasteiger partial charge in [-0.15, -0.1) is 0 Å². The number of hydrogen-bond donors (Lipinski definition) is 1. The van der Waals surface area contributed by atoms with Crippen molar-refractivity contribution in [3.8, 4) is 5.75 Å². The molecule has 0 aromatic heterocycles. The number of hydrogen-bond acceptors (Lipinski definition) is 3. The predicted molar refractivity (Wildman–Crippen MR) is 80.9 cm³/mol. The summed E-state index contributed by atoms with van der Waals surface area (Å²) in [6.45, 7) is 2.51. The van der Waals surface area contributed by atoms with E-state index in [-0.39, 0.29) is 11.7 Å². The molecule has 0 amide bonds. The summed E-state index contributed by atoms with van der Waals surface area (Å²) in [5, 5.41) is 9.13. The number of phenolic OH excluding ortho intramolecular Hbond substituents is 1. The first-order valence-electron chi connectivity index (χ1n) is 7.31. The van der Waals surface area contributed by atoms with E-state index in [9.17, 15) is 4.79 Å². The lowest BCUT2D eigenvalue weighted by molar-refractivity contribution is 0.0497. The summed E-state index contributed by atoms with van der Waals surface area (Å²) in [6.07, 6.45) is 11.1. The Bertz CT molecular complexity index is 407. The minimum atomic E-state index is -0.321. The molecule has 0 saturated heterocycles. The highest BCUT2D eigenvalue weighted by Gasteiger charge is 2.06. The molecule has 0 saturated carbocycles. The highest BCUT2D eigenvalue weighted by molar-refractivity contribution is 5.89. The van der Waals surface area contributed by atoms with Crippen LogP contribution in [0.3, 0.4) is 0 Å². The molecule has 0 aliphatic rings. The van der Waals surface area contributed by atoms with Crippen molar-refractivity contribution in [2.24, 2.45) is 0 Å². The van der Waals surface area contributed by atoms with Gasteiger partial charge in [-0.1, -0.05) is 31.4 Å². The summed E-state index contributed by atoms with van der Waals surface area (Å²) in [7, 11) is 0. The topological polar surface area (TPSA) is 46.5 Å². The van der Waals surface area contributed by atoms with Gasteiger partial charge in [-0.2, -0.15) is 0 Å². The van der Waals surface area contributed by atoms with Gasteiger partial charge in [-0.05, 0) is 50.5 Å². The molecule has 1 aromatic rings. The number of carbonyl (C=O) groups is 1. The van der Waals surface area contributed by atoms with Gasteiger partial charge in [0.25, 0.3) is 0 Å². The van der Waals surface area contributed by atoms with Crippen molar-refractivity contribution in [3.05, 3.63) is 42.0 Å². The minimum absolute atomic E-state index is 0.152. The van der Waals surface area contributed by atoms with E-state index >= 15 is 0 Å². The summed E-state index contributed by atoms with van der Waals surface area (Å²) in [6, 6.07) is 6.11. The molecule has 110 valence electrons. The van der Waals surface area contributed by atoms with Gasteiger partial charge >= 0.3 is 5.97 Å². The number of carbonyl (C=O) groups excluding carboxylic acids is 1. The van der Waals surface area contributed by atoms with Gasteiger partial charge < -0.3 is 9.84 Å². The summed E-state index contributed by atoms with van der Waals surface area (Å²) in [5.41, 5.74) is 0.481. The van der Waals surface area contributed by atoms with Crippen LogP contribution in [0, 0.1) is 0 Å². The Morgan fingerprint density at radius 3 is 2.45 bits per heavy atom. The average Bonchev–Trinajstić information content (AvgIpc) is 2.46. The molecule has 0 radical (unpaired) electrons. The number of esters is 1. The Kier molecular flexibility index (Phi) is 8.20. The van der Waals surface area contributed by atoms with Crippen LogP contribution in [0.2, 0.25) is 0 Å². The van der Waals surface area contributed by atoms with E-state index in [2.05, 4.69) is 12.2 Å². The third-order valence-electron chi connectivity index (χ3n) is 3.09. The van der Waals surface area contributed by atoms with Gasteiger partial charge in [0.05, 0.1) is 12.2 Å². The van der Waals surface area contributed by atoms with Crippen LogP contribution in [0.4, 0.5) is 0 Å². The SMILES string of the molecule is C/C=C/CCCCCCCOC(=O)c1ccc(O)cc1. The molecule has 1 aromatic carbocycles. The third-order valence-corrected chi connectivity index (χ3v) is 3.09. The Morgan fingerprint density at radius 2 is 1.75 bits per heavy atom. The molecule has 0 bridgehead atoms. The van der Waals surface area contributed by atoms with Crippen LogP contribution >= 0.6 is 0 Å². The molecule has 1 rings (SSSR count). The molecule has 3 nitrogen and oxygen atoms in total.